The van der Waals surface area contributed by atoms with Crippen LogP contribution in [0, 0.1) is 11.8 Å². The van der Waals surface area contributed by atoms with Crippen molar-refractivity contribution in [2.45, 2.75) is 33.2 Å². The smallest absolute Gasteiger partial charge is 0.246 e. The lowest BCUT2D eigenvalue weighted by atomic mass is 9.86. The number of aromatic nitrogens is 3. The van der Waals surface area contributed by atoms with Crippen LogP contribution in [-0.2, 0) is 0 Å². The fourth-order valence-electron chi connectivity index (χ4n) is 2.37. The van der Waals surface area contributed by atoms with Crippen molar-refractivity contribution >= 4 is 11.9 Å². The van der Waals surface area contributed by atoms with Gasteiger partial charge in [-0.1, -0.05) is 13.8 Å². The lowest BCUT2D eigenvalue weighted by molar-refractivity contribution is 0.294. The summed E-state index contributed by atoms with van der Waals surface area (Å²) in [7, 11) is 0. The van der Waals surface area contributed by atoms with Gasteiger partial charge in [0, 0.05) is 12.6 Å². The van der Waals surface area contributed by atoms with Gasteiger partial charge in [0.05, 0.1) is 0 Å². The molecule has 0 aromatic carbocycles. The van der Waals surface area contributed by atoms with Crippen molar-refractivity contribution < 1.29 is 0 Å². The number of nitrogens with one attached hydrogen (secondary N) is 1. The molecule has 15 heavy (non-hydrogen) atoms. The Kier molecular flexibility index (Phi) is 2.54. The van der Waals surface area contributed by atoms with E-state index in [-0.39, 0.29) is 0 Å². The number of rotatable bonds is 1. The van der Waals surface area contributed by atoms with Gasteiger partial charge in [0.1, 0.15) is 0 Å². The normalized spacial score (nSPS) is 31.9. The lowest BCUT2D eigenvalue weighted by Gasteiger charge is -2.40. The standard InChI is InChI=1S/C10H19N5/c1-6-4-7(2)8(3)15(5-6)10-12-9(11)13-14-10/h6-8H,4-5H2,1-3H3,(H3,11,12,13,14). The molecule has 0 amide bonds. The van der Waals surface area contributed by atoms with Crippen molar-refractivity contribution in [2.24, 2.45) is 11.8 Å². The molecule has 0 bridgehead atoms. The van der Waals surface area contributed by atoms with Crippen molar-refractivity contribution in [3.63, 3.8) is 0 Å². The zero-order chi connectivity index (χ0) is 11.0. The van der Waals surface area contributed by atoms with Crippen molar-refractivity contribution in [1.29, 1.82) is 0 Å². The van der Waals surface area contributed by atoms with E-state index in [0.717, 1.165) is 12.5 Å². The van der Waals surface area contributed by atoms with Crippen molar-refractivity contribution in [3.8, 4) is 0 Å². The number of nitrogens with zero attached hydrogens (tertiary/aromatic N) is 3. The summed E-state index contributed by atoms with van der Waals surface area (Å²) >= 11 is 0. The van der Waals surface area contributed by atoms with Crippen molar-refractivity contribution in [2.75, 3.05) is 17.2 Å². The molecule has 0 aliphatic carbocycles. The predicted octanol–water partition coefficient (Wildman–Crippen LogP) is 1.26. The average molecular weight is 209 g/mol. The van der Waals surface area contributed by atoms with Crippen LogP contribution in [0.2, 0.25) is 0 Å². The highest BCUT2D eigenvalue weighted by molar-refractivity contribution is 5.36. The zero-order valence-corrected chi connectivity index (χ0v) is 9.57. The monoisotopic (exact) mass is 209 g/mol. The third kappa shape index (κ3) is 1.91. The number of H-pyrrole nitrogens is 1. The molecule has 0 radical (unpaired) electrons. The molecule has 84 valence electrons. The van der Waals surface area contributed by atoms with Gasteiger partial charge in [0.15, 0.2) is 0 Å². The Labute approximate surface area is 90.1 Å². The molecule has 5 heteroatoms. The maximum Gasteiger partial charge on any atom is 0.246 e. The Morgan fingerprint density at radius 2 is 2.13 bits per heavy atom. The van der Waals surface area contributed by atoms with E-state index in [2.05, 4.69) is 40.9 Å². The number of hydrogen-bond acceptors (Lipinski definition) is 4. The largest absolute Gasteiger partial charge is 0.368 e. The van der Waals surface area contributed by atoms with E-state index in [4.69, 9.17) is 5.73 Å². The highest BCUT2D eigenvalue weighted by Crippen LogP contribution is 2.29. The molecule has 1 aromatic heterocycles. The maximum absolute atomic E-state index is 5.54. The molecule has 3 unspecified atom stereocenters. The van der Waals surface area contributed by atoms with Gasteiger partial charge in [-0.05, 0) is 25.2 Å². The third-order valence-electron chi connectivity index (χ3n) is 3.35. The molecule has 1 saturated heterocycles. The summed E-state index contributed by atoms with van der Waals surface area (Å²) in [6, 6.07) is 0.483. The molecular weight excluding hydrogens is 190 g/mol. The van der Waals surface area contributed by atoms with E-state index >= 15 is 0 Å². The Hall–Kier alpha value is -1.26. The van der Waals surface area contributed by atoms with Crippen molar-refractivity contribution in [1.82, 2.24) is 15.2 Å². The summed E-state index contributed by atoms with van der Waals surface area (Å²) < 4.78 is 0. The second-order valence-corrected chi connectivity index (χ2v) is 4.73. The van der Waals surface area contributed by atoms with Crippen molar-refractivity contribution in [3.05, 3.63) is 0 Å². The summed E-state index contributed by atoms with van der Waals surface area (Å²) in [5.41, 5.74) is 5.54. The highest BCUT2D eigenvalue weighted by atomic mass is 15.4. The van der Waals surface area contributed by atoms with Gasteiger partial charge < -0.3 is 10.6 Å². The second-order valence-electron chi connectivity index (χ2n) is 4.73. The van der Waals surface area contributed by atoms with Gasteiger partial charge in [-0.3, -0.25) is 0 Å². The Morgan fingerprint density at radius 3 is 2.73 bits per heavy atom. The highest BCUT2D eigenvalue weighted by Gasteiger charge is 2.30. The molecule has 0 saturated carbocycles. The van der Waals surface area contributed by atoms with Gasteiger partial charge in [-0.2, -0.15) is 4.98 Å². The molecule has 5 nitrogen and oxygen atoms in total. The van der Waals surface area contributed by atoms with Crippen LogP contribution in [0.15, 0.2) is 0 Å². The summed E-state index contributed by atoms with van der Waals surface area (Å²) in [5.74, 6) is 2.49. The minimum Gasteiger partial charge on any atom is -0.368 e. The molecule has 3 N–H and O–H groups in total. The molecule has 1 aliphatic rings. The molecule has 1 fully saturated rings. The summed E-state index contributed by atoms with van der Waals surface area (Å²) in [6.45, 7) is 7.79. The Morgan fingerprint density at radius 1 is 1.40 bits per heavy atom. The van der Waals surface area contributed by atoms with Crippen LogP contribution >= 0.6 is 0 Å². The van der Waals surface area contributed by atoms with Gasteiger partial charge in [0.2, 0.25) is 11.9 Å². The van der Waals surface area contributed by atoms with Crippen LogP contribution < -0.4 is 10.6 Å². The minimum absolute atomic E-state index is 0.392. The number of nitrogen functional groups attached to an aromatic ring is 1. The summed E-state index contributed by atoms with van der Waals surface area (Å²) in [4.78, 5) is 6.43. The first-order valence-electron chi connectivity index (χ1n) is 5.52. The predicted molar refractivity (Wildman–Crippen MR) is 60.5 cm³/mol. The summed E-state index contributed by atoms with van der Waals surface area (Å²) in [6.07, 6.45) is 1.28. The number of aromatic amines is 1. The topological polar surface area (TPSA) is 70.8 Å². The van der Waals surface area contributed by atoms with E-state index in [9.17, 15) is 0 Å². The van der Waals surface area contributed by atoms with Gasteiger partial charge in [-0.15, -0.1) is 5.10 Å². The van der Waals surface area contributed by atoms with E-state index in [0.29, 0.717) is 23.8 Å². The van der Waals surface area contributed by atoms with Crippen LogP contribution in [0.1, 0.15) is 27.2 Å². The van der Waals surface area contributed by atoms with E-state index in [1.807, 2.05) is 0 Å². The van der Waals surface area contributed by atoms with E-state index in [1.165, 1.54) is 6.42 Å². The quantitative estimate of drug-likeness (QED) is 0.730. The fraction of sp³-hybridized carbons (Fsp3) is 0.800. The van der Waals surface area contributed by atoms with E-state index < -0.39 is 0 Å². The van der Waals surface area contributed by atoms with Crippen LogP contribution in [0.4, 0.5) is 11.9 Å². The molecular formula is C10H19N5. The average Bonchev–Trinajstić information content (AvgIpc) is 2.58. The molecule has 0 spiro atoms. The SMILES string of the molecule is CC1CC(C)C(C)N(c2n[nH]c(N)n2)C1. The summed E-state index contributed by atoms with van der Waals surface area (Å²) in [5, 5.41) is 6.81. The first-order valence-corrected chi connectivity index (χ1v) is 5.52. The Balaban J connectivity index is 2.20. The molecule has 1 aliphatic heterocycles. The number of anilines is 2. The molecule has 2 rings (SSSR count). The zero-order valence-electron chi connectivity index (χ0n) is 9.57. The Bertz CT molecular complexity index is 334. The second kappa shape index (κ2) is 3.72. The van der Waals surface area contributed by atoms with Crippen LogP contribution in [0.3, 0.4) is 0 Å². The molecule has 3 atom stereocenters. The molecule has 1 aromatic rings. The maximum atomic E-state index is 5.54. The van der Waals surface area contributed by atoms with Crippen LogP contribution in [-0.4, -0.2) is 27.8 Å². The van der Waals surface area contributed by atoms with Gasteiger partial charge in [-0.25, -0.2) is 5.10 Å². The first-order chi connectivity index (χ1) is 7.08. The first kappa shape index (κ1) is 10.3. The minimum atomic E-state index is 0.392. The lowest BCUT2D eigenvalue weighted by Crippen LogP contribution is -2.46. The molecule has 2 heterocycles. The van der Waals surface area contributed by atoms with Gasteiger partial charge in [0.25, 0.3) is 0 Å². The fourth-order valence-corrected chi connectivity index (χ4v) is 2.37. The number of nitrogens with two attached hydrogens (primary N) is 1. The van der Waals surface area contributed by atoms with Gasteiger partial charge >= 0.3 is 0 Å². The van der Waals surface area contributed by atoms with Crippen LogP contribution in [0.5, 0.6) is 0 Å². The third-order valence-corrected chi connectivity index (χ3v) is 3.35. The van der Waals surface area contributed by atoms with E-state index in [1.54, 1.807) is 0 Å². The van der Waals surface area contributed by atoms with Crippen LogP contribution in [0.25, 0.3) is 0 Å². The number of hydrogen-bond donors (Lipinski definition) is 2. The number of piperidine rings is 1.